The molecular formula is C40H41N4O15+. The molecule has 8 atom stereocenters. The van der Waals surface area contributed by atoms with E-state index in [1.807, 2.05) is 6.92 Å². The van der Waals surface area contributed by atoms with E-state index in [1.165, 1.54) is 30.6 Å². The van der Waals surface area contributed by atoms with Gasteiger partial charge in [0.05, 0.1) is 6.54 Å². The number of hydrogen-bond donors (Lipinski definition) is 10. The van der Waals surface area contributed by atoms with Crippen LogP contribution in [0.25, 0.3) is 5.76 Å². The van der Waals surface area contributed by atoms with E-state index < -0.39 is 84.1 Å². The van der Waals surface area contributed by atoms with Crippen LogP contribution in [0.3, 0.4) is 0 Å². The van der Waals surface area contributed by atoms with Gasteiger partial charge in [0.1, 0.15) is 65.4 Å². The van der Waals surface area contributed by atoms with Gasteiger partial charge in [0, 0.05) is 35.9 Å². The minimum atomic E-state index is -2.60. The number of phenols is 2. The summed E-state index contributed by atoms with van der Waals surface area (Å²) in [7, 11) is 0. The minimum absolute atomic E-state index is 0.0158. The normalized spacial score (nSPS) is 25.6. The molecule has 19 nitrogen and oxygen atoms in total. The second-order valence-corrected chi connectivity index (χ2v) is 14.1. The van der Waals surface area contributed by atoms with Crippen molar-refractivity contribution >= 4 is 35.3 Å². The second-order valence-electron chi connectivity index (χ2n) is 14.1. The fraction of sp³-hybridized carbons (Fsp3) is 0.325. The van der Waals surface area contributed by atoms with Crippen molar-refractivity contribution in [1.82, 2.24) is 0 Å². The van der Waals surface area contributed by atoms with Gasteiger partial charge < -0.3 is 69.6 Å². The number of aromatic hydroxyl groups is 2. The number of aliphatic hydroxyl groups is 6. The van der Waals surface area contributed by atoms with Crippen LogP contribution in [0.4, 0.5) is 0 Å². The summed E-state index contributed by atoms with van der Waals surface area (Å²) in [4.78, 5) is 24.3. The molecule has 0 amide bonds. The summed E-state index contributed by atoms with van der Waals surface area (Å²) in [6, 6.07) is 11.7. The molecule has 0 radical (unpaired) electrons. The highest BCUT2D eigenvalue weighted by Crippen LogP contribution is 2.52. The number of carboxylic acid groups (broad SMARTS) is 1. The summed E-state index contributed by atoms with van der Waals surface area (Å²) >= 11 is 0. The standard InChI is InChI=1S/C40H40N4O15/c1-2-18-9-20(11-22(45)10-18)38(53)58-34-29(57-39-33(49)35(50)40(54,36(59-39)37(51)52)14-21-15-42-17-43-21)13-28-31(32(34)48)25(46)12-27(56-28)19-3-5-23(6-4-19)55-16-26(47)24-7-8-30(41)44-24/h3-13,17,26-27,33,35-36,38-39,41,45-50,53-54H,2,14-16H2,1H3,(H,51,52)/p+1/t26-,27?,33+,35-,36+,38+,39+,40-/m0/s1. The van der Waals surface area contributed by atoms with E-state index in [0.29, 0.717) is 29.0 Å². The summed E-state index contributed by atoms with van der Waals surface area (Å²) in [5, 5.41) is 104. The Bertz CT molecular complexity index is 2290. The molecule has 4 aliphatic rings. The first-order valence-corrected chi connectivity index (χ1v) is 18.3. The molecule has 3 aromatic carbocycles. The van der Waals surface area contributed by atoms with Gasteiger partial charge in [0.2, 0.25) is 18.3 Å². The van der Waals surface area contributed by atoms with E-state index in [9.17, 15) is 50.8 Å². The predicted molar refractivity (Wildman–Crippen MR) is 206 cm³/mol. The van der Waals surface area contributed by atoms with Crippen molar-refractivity contribution in [2.45, 2.75) is 68.5 Å². The van der Waals surface area contributed by atoms with Crippen molar-refractivity contribution in [2.24, 2.45) is 15.0 Å². The van der Waals surface area contributed by atoms with Crippen LogP contribution in [-0.2, 0) is 16.0 Å². The van der Waals surface area contributed by atoms with Crippen molar-refractivity contribution in [2.75, 3.05) is 13.2 Å². The quantitative estimate of drug-likeness (QED) is 0.0971. The van der Waals surface area contributed by atoms with Gasteiger partial charge in [-0.15, -0.1) is 0 Å². The molecule has 0 spiro atoms. The number of carboxylic acids is 1. The lowest BCUT2D eigenvalue weighted by Crippen LogP contribution is -2.69. The first kappa shape index (κ1) is 40.8. The number of aliphatic imine (C=N–C) groups is 3. The molecule has 4 heterocycles. The van der Waals surface area contributed by atoms with Crippen LogP contribution in [0.5, 0.6) is 34.5 Å². The van der Waals surface area contributed by atoms with Crippen molar-refractivity contribution in [1.29, 1.82) is 0 Å². The molecule has 59 heavy (non-hydrogen) atoms. The molecule has 1 fully saturated rings. The van der Waals surface area contributed by atoms with Gasteiger partial charge >= 0.3 is 11.8 Å². The number of amidine groups is 1. The van der Waals surface area contributed by atoms with Gasteiger partial charge in [-0.1, -0.05) is 19.1 Å². The van der Waals surface area contributed by atoms with Crippen molar-refractivity contribution < 1.29 is 79.8 Å². The van der Waals surface area contributed by atoms with E-state index in [-0.39, 0.29) is 47.3 Å². The third kappa shape index (κ3) is 8.33. The number of aliphatic hydroxyl groups excluding tert-OH is 5. The maximum absolute atomic E-state index is 12.4. The van der Waals surface area contributed by atoms with Crippen LogP contribution in [0.2, 0.25) is 0 Å². The Morgan fingerprint density at radius 1 is 1.07 bits per heavy atom. The minimum Gasteiger partial charge on any atom is -0.508 e. The third-order valence-electron chi connectivity index (χ3n) is 9.96. The lowest BCUT2D eigenvalue weighted by molar-refractivity contribution is -0.303. The molecule has 7 rings (SSSR count). The summed E-state index contributed by atoms with van der Waals surface area (Å²) in [6.45, 7) is 1.71. The van der Waals surface area contributed by atoms with Gasteiger partial charge in [-0.25, -0.2) is 9.79 Å². The highest BCUT2D eigenvalue weighted by atomic mass is 16.7. The maximum atomic E-state index is 12.4. The van der Waals surface area contributed by atoms with Crippen LogP contribution in [0.15, 0.2) is 81.7 Å². The van der Waals surface area contributed by atoms with Crippen molar-refractivity contribution in [3.8, 4) is 34.5 Å². The summed E-state index contributed by atoms with van der Waals surface area (Å²) in [6.07, 6.45) is -6.94. The molecule has 4 aliphatic heterocycles. The van der Waals surface area contributed by atoms with Crippen LogP contribution in [0, 0.1) is 0 Å². The number of nitrogens with zero attached hydrogens (tertiary/aromatic N) is 3. The van der Waals surface area contributed by atoms with E-state index in [1.54, 1.807) is 36.4 Å². The fourth-order valence-electron chi connectivity index (χ4n) is 6.89. The lowest BCUT2D eigenvalue weighted by atomic mass is 9.80. The van der Waals surface area contributed by atoms with Gasteiger partial charge in [-0.05, 0) is 58.9 Å². The molecule has 0 bridgehead atoms. The van der Waals surface area contributed by atoms with Crippen LogP contribution in [0.1, 0.15) is 48.0 Å². The zero-order valence-corrected chi connectivity index (χ0v) is 31.2. The number of phenolic OH excluding ortho intramolecular Hbond substituents is 2. The van der Waals surface area contributed by atoms with Crippen LogP contribution in [-0.4, -0.2) is 125 Å². The highest BCUT2D eigenvalue weighted by Gasteiger charge is 2.59. The molecule has 0 saturated carbocycles. The average Bonchev–Trinajstić information content (AvgIpc) is 3.89. The molecule has 1 unspecified atom stereocenters. The first-order valence-electron chi connectivity index (χ1n) is 18.3. The Labute approximate surface area is 334 Å². The number of benzene rings is 3. The fourth-order valence-corrected chi connectivity index (χ4v) is 6.89. The Hall–Kier alpha value is -6.35. The highest BCUT2D eigenvalue weighted by molar-refractivity contribution is 6.14. The largest absolute Gasteiger partial charge is 0.508 e. The summed E-state index contributed by atoms with van der Waals surface area (Å²) in [5.74, 6) is -3.99. The van der Waals surface area contributed by atoms with E-state index in [0.717, 1.165) is 6.07 Å². The molecular weight excluding hydrogens is 776 g/mol. The molecule has 0 aliphatic carbocycles. The number of nitrogens with two attached hydrogens (primary N) is 1. The Balaban J connectivity index is 1.19. The zero-order valence-electron chi connectivity index (χ0n) is 31.2. The first-order chi connectivity index (χ1) is 28.1. The maximum Gasteiger partial charge on any atom is 0.336 e. The third-order valence-corrected chi connectivity index (χ3v) is 9.96. The molecule has 19 heteroatoms. The number of ether oxygens (including phenoxy) is 5. The Morgan fingerprint density at radius 3 is 2.49 bits per heavy atom. The number of aliphatic carboxylic acids is 1. The van der Waals surface area contributed by atoms with E-state index in [4.69, 9.17) is 29.1 Å². The molecule has 0 aromatic heterocycles. The topological polar surface area (TPSA) is 308 Å². The van der Waals surface area contributed by atoms with Crippen molar-refractivity contribution in [3.05, 3.63) is 89.0 Å². The molecule has 3 aromatic rings. The van der Waals surface area contributed by atoms with Crippen LogP contribution >= 0.6 is 0 Å². The van der Waals surface area contributed by atoms with E-state index in [2.05, 4.69) is 15.0 Å². The SMILES string of the molecule is CCc1cc(O)cc([C@H](O)Oc2c(O[C@@H]3O[C@H](C(=O)O)[C@](O)(CC4=NC=NC4)[C@@H](O)[C@H]3O)cc3c(c2O)C(O)=CC(c2ccc(OC[C@H](O)C4=NC(=[NH2+])C=C4)cc2)O3)c1. The van der Waals surface area contributed by atoms with Gasteiger partial charge in [-0.3, -0.25) is 10.4 Å². The predicted octanol–water partition coefficient (Wildman–Crippen LogP) is 0.185. The number of carbonyl (C=O) groups is 1. The van der Waals surface area contributed by atoms with E-state index >= 15 is 0 Å². The number of aryl methyl sites for hydroxylation is 1. The Kier molecular flexibility index (Phi) is 11.4. The Morgan fingerprint density at radius 2 is 1.83 bits per heavy atom. The summed E-state index contributed by atoms with van der Waals surface area (Å²) < 4.78 is 29.1. The van der Waals surface area contributed by atoms with Gasteiger partial charge in [-0.2, -0.15) is 0 Å². The average molecular weight is 818 g/mol. The molecule has 310 valence electrons. The zero-order chi connectivity index (χ0) is 42.2. The molecule has 11 N–H and O–H groups in total. The second kappa shape index (κ2) is 16.5. The van der Waals surface area contributed by atoms with Gasteiger partial charge in [0.15, 0.2) is 29.4 Å². The number of fused-ring (bicyclic) bond motifs is 1. The number of rotatable bonds is 14. The smallest absolute Gasteiger partial charge is 0.336 e. The lowest BCUT2D eigenvalue weighted by Gasteiger charge is -2.46. The van der Waals surface area contributed by atoms with Crippen molar-refractivity contribution in [3.63, 3.8) is 0 Å². The monoisotopic (exact) mass is 817 g/mol. The number of hydrogen-bond acceptors (Lipinski definition) is 16. The van der Waals surface area contributed by atoms with Gasteiger partial charge in [0.25, 0.3) is 0 Å². The van der Waals surface area contributed by atoms with Crippen LogP contribution < -0.4 is 24.4 Å². The summed E-state index contributed by atoms with van der Waals surface area (Å²) in [5.41, 5.74) is -1.17. The molecule has 1 saturated heterocycles.